The van der Waals surface area contributed by atoms with Gasteiger partial charge in [-0.2, -0.15) is 0 Å². The lowest BCUT2D eigenvalue weighted by atomic mass is 9.84. The number of hydrogen-bond donors (Lipinski definition) is 0. The molecule has 1 aromatic rings. The Hall–Kier alpha value is -0.740. The molecule has 2 fully saturated rings. The Labute approximate surface area is 114 Å². The summed E-state index contributed by atoms with van der Waals surface area (Å²) in [4.78, 5) is 12.2. The number of ketones is 1. The molecule has 2 heterocycles. The van der Waals surface area contributed by atoms with Crippen molar-refractivity contribution >= 4 is 21.7 Å². The standard InChI is InChI=1S/C14H14BrFO2/c15-9-2-1-8(12(16)6-9)5-13(17)11-7-10-3-4-14(11)18-10/h1-2,6,10-11,14H,3-5,7H2. The van der Waals surface area contributed by atoms with Crippen molar-refractivity contribution in [2.24, 2.45) is 5.92 Å². The molecule has 0 aliphatic carbocycles. The Morgan fingerprint density at radius 3 is 2.89 bits per heavy atom. The SMILES string of the molecule is O=C(Cc1ccc(Br)cc1F)C1CC2CCC1O2. The summed E-state index contributed by atoms with van der Waals surface area (Å²) in [5.41, 5.74) is 0.478. The molecule has 0 spiro atoms. The second-order valence-corrected chi connectivity index (χ2v) is 6.01. The minimum Gasteiger partial charge on any atom is -0.374 e. The molecule has 2 aliphatic heterocycles. The molecular weight excluding hydrogens is 299 g/mol. The Morgan fingerprint density at radius 1 is 1.44 bits per heavy atom. The molecular formula is C14H14BrFO2. The van der Waals surface area contributed by atoms with Crippen molar-refractivity contribution in [3.63, 3.8) is 0 Å². The van der Waals surface area contributed by atoms with E-state index in [9.17, 15) is 9.18 Å². The highest BCUT2D eigenvalue weighted by atomic mass is 79.9. The smallest absolute Gasteiger partial charge is 0.143 e. The third-order valence-electron chi connectivity index (χ3n) is 3.90. The van der Waals surface area contributed by atoms with Gasteiger partial charge >= 0.3 is 0 Å². The van der Waals surface area contributed by atoms with E-state index in [1.54, 1.807) is 12.1 Å². The molecule has 2 aliphatic rings. The lowest BCUT2D eigenvalue weighted by Gasteiger charge is -2.17. The zero-order chi connectivity index (χ0) is 12.7. The van der Waals surface area contributed by atoms with Gasteiger partial charge in [-0.05, 0) is 37.0 Å². The average Bonchev–Trinajstić information content (AvgIpc) is 2.94. The maximum Gasteiger partial charge on any atom is 0.143 e. The summed E-state index contributed by atoms with van der Waals surface area (Å²) in [7, 11) is 0. The first-order valence-electron chi connectivity index (χ1n) is 6.25. The number of carbonyl (C=O) groups excluding carboxylic acids is 1. The van der Waals surface area contributed by atoms with Gasteiger partial charge in [0.25, 0.3) is 0 Å². The van der Waals surface area contributed by atoms with Gasteiger partial charge in [0.1, 0.15) is 11.6 Å². The van der Waals surface area contributed by atoms with Gasteiger partial charge in [0, 0.05) is 16.8 Å². The van der Waals surface area contributed by atoms with E-state index in [4.69, 9.17) is 4.74 Å². The minimum absolute atomic E-state index is 0.0215. The fraction of sp³-hybridized carbons (Fsp3) is 0.500. The highest BCUT2D eigenvalue weighted by Gasteiger charge is 2.43. The molecule has 3 rings (SSSR count). The molecule has 0 radical (unpaired) electrons. The van der Waals surface area contributed by atoms with Crippen molar-refractivity contribution < 1.29 is 13.9 Å². The van der Waals surface area contributed by atoms with Crippen LogP contribution >= 0.6 is 15.9 Å². The number of hydrogen-bond acceptors (Lipinski definition) is 2. The largest absolute Gasteiger partial charge is 0.374 e. The number of halogens is 2. The number of rotatable bonds is 3. The van der Waals surface area contributed by atoms with Crippen LogP contribution in [0.1, 0.15) is 24.8 Å². The molecule has 96 valence electrons. The molecule has 2 saturated heterocycles. The predicted octanol–water partition coefficient (Wildman–Crippen LogP) is 3.27. The molecule has 2 bridgehead atoms. The molecule has 4 heteroatoms. The van der Waals surface area contributed by atoms with E-state index in [0.29, 0.717) is 10.0 Å². The minimum atomic E-state index is -0.318. The maximum absolute atomic E-state index is 13.7. The summed E-state index contributed by atoms with van der Waals surface area (Å²) in [6.07, 6.45) is 3.39. The lowest BCUT2D eigenvalue weighted by Crippen LogP contribution is -2.26. The molecule has 0 amide bonds. The molecule has 18 heavy (non-hydrogen) atoms. The zero-order valence-corrected chi connectivity index (χ0v) is 11.5. The lowest BCUT2D eigenvalue weighted by molar-refractivity contribution is -0.123. The van der Waals surface area contributed by atoms with Crippen LogP contribution in [0.15, 0.2) is 22.7 Å². The van der Waals surface area contributed by atoms with Gasteiger partial charge in [-0.1, -0.05) is 22.0 Å². The van der Waals surface area contributed by atoms with E-state index >= 15 is 0 Å². The van der Waals surface area contributed by atoms with Crippen LogP contribution in [0.2, 0.25) is 0 Å². The van der Waals surface area contributed by atoms with Gasteiger partial charge in [0.05, 0.1) is 12.2 Å². The molecule has 2 nitrogen and oxygen atoms in total. The normalized spacial score (nSPS) is 29.8. The first kappa shape index (κ1) is 12.3. The third kappa shape index (κ3) is 2.24. The molecule has 0 N–H and O–H groups in total. The van der Waals surface area contributed by atoms with Crippen molar-refractivity contribution in [2.75, 3.05) is 0 Å². The van der Waals surface area contributed by atoms with E-state index in [2.05, 4.69) is 15.9 Å². The van der Waals surface area contributed by atoms with Crippen LogP contribution in [0.4, 0.5) is 4.39 Å². The van der Waals surface area contributed by atoms with Crippen LogP contribution in [0, 0.1) is 11.7 Å². The van der Waals surface area contributed by atoms with Gasteiger partial charge in [0.15, 0.2) is 0 Å². The van der Waals surface area contributed by atoms with E-state index in [1.807, 2.05) is 0 Å². The van der Waals surface area contributed by atoms with Crippen LogP contribution < -0.4 is 0 Å². The summed E-state index contributed by atoms with van der Waals surface area (Å²) in [5.74, 6) is -0.225. The van der Waals surface area contributed by atoms with Gasteiger partial charge < -0.3 is 4.74 Å². The Balaban J connectivity index is 1.71. The number of Topliss-reactive ketones (excluding diaryl/α,β-unsaturated/α-hetero) is 1. The van der Waals surface area contributed by atoms with Crippen molar-refractivity contribution in [3.05, 3.63) is 34.1 Å². The van der Waals surface area contributed by atoms with Gasteiger partial charge in [-0.3, -0.25) is 4.79 Å². The summed E-state index contributed by atoms with van der Waals surface area (Å²) in [6.45, 7) is 0. The van der Waals surface area contributed by atoms with E-state index in [0.717, 1.165) is 19.3 Å². The van der Waals surface area contributed by atoms with Gasteiger partial charge in [-0.15, -0.1) is 0 Å². The highest BCUT2D eigenvalue weighted by molar-refractivity contribution is 9.10. The van der Waals surface area contributed by atoms with Crippen LogP contribution in [0.3, 0.4) is 0 Å². The van der Waals surface area contributed by atoms with Crippen LogP contribution in [-0.4, -0.2) is 18.0 Å². The van der Waals surface area contributed by atoms with E-state index < -0.39 is 0 Å². The molecule has 1 aromatic carbocycles. The third-order valence-corrected chi connectivity index (χ3v) is 4.39. The van der Waals surface area contributed by atoms with E-state index in [-0.39, 0.29) is 36.1 Å². The maximum atomic E-state index is 13.7. The number of carbonyl (C=O) groups is 1. The summed E-state index contributed by atoms with van der Waals surface area (Å²) < 4.78 is 20.0. The van der Waals surface area contributed by atoms with Crippen molar-refractivity contribution in [1.82, 2.24) is 0 Å². The monoisotopic (exact) mass is 312 g/mol. The van der Waals surface area contributed by atoms with Crippen LogP contribution in [-0.2, 0) is 16.0 Å². The number of fused-ring (bicyclic) bond motifs is 2. The van der Waals surface area contributed by atoms with Crippen molar-refractivity contribution in [3.8, 4) is 0 Å². The van der Waals surface area contributed by atoms with Gasteiger partial charge in [0.2, 0.25) is 0 Å². The summed E-state index contributed by atoms with van der Waals surface area (Å²) in [6, 6.07) is 4.84. The zero-order valence-electron chi connectivity index (χ0n) is 9.86. The second-order valence-electron chi connectivity index (χ2n) is 5.09. The average molecular weight is 313 g/mol. The first-order valence-corrected chi connectivity index (χ1v) is 7.05. The summed E-state index contributed by atoms with van der Waals surface area (Å²) in [5, 5.41) is 0. The predicted molar refractivity (Wildman–Crippen MR) is 68.8 cm³/mol. The van der Waals surface area contributed by atoms with E-state index in [1.165, 1.54) is 6.07 Å². The Kier molecular flexibility index (Phi) is 3.24. The number of ether oxygens (including phenoxy) is 1. The molecule has 0 saturated carbocycles. The quantitative estimate of drug-likeness (QED) is 0.856. The van der Waals surface area contributed by atoms with Gasteiger partial charge in [-0.25, -0.2) is 4.39 Å². The fourth-order valence-corrected chi connectivity index (χ4v) is 3.29. The second kappa shape index (κ2) is 4.74. The summed E-state index contributed by atoms with van der Waals surface area (Å²) >= 11 is 3.21. The molecule has 3 atom stereocenters. The van der Waals surface area contributed by atoms with Crippen molar-refractivity contribution in [1.29, 1.82) is 0 Å². The Morgan fingerprint density at radius 2 is 2.28 bits per heavy atom. The Bertz CT molecular complexity index is 489. The fourth-order valence-electron chi connectivity index (χ4n) is 2.96. The first-order chi connectivity index (χ1) is 8.63. The van der Waals surface area contributed by atoms with Crippen LogP contribution in [0.5, 0.6) is 0 Å². The molecule has 3 unspecified atom stereocenters. The van der Waals surface area contributed by atoms with Crippen molar-refractivity contribution in [2.45, 2.75) is 37.9 Å². The number of benzene rings is 1. The topological polar surface area (TPSA) is 26.3 Å². The highest BCUT2D eigenvalue weighted by Crippen LogP contribution is 2.39. The molecule has 0 aromatic heterocycles. The van der Waals surface area contributed by atoms with Crippen LogP contribution in [0.25, 0.3) is 0 Å².